The van der Waals surface area contributed by atoms with Crippen LogP contribution in [0.4, 0.5) is 5.69 Å². The van der Waals surface area contributed by atoms with Crippen LogP contribution in [-0.2, 0) is 4.79 Å². The van der Waals surface area contributed by atoms with Crippen molar-refractivity contribution in [3.8, 4) is 0 Å². The van der Waals surface area contributed by atoms with Crippen molar-refractivity contribution in [2.24, 2.45) is 5.84 Å². The van der Waals surface area contributed by atoms with Gasteiger partial charge in [-0.1, -0.05) is 12.1 Å². The fourth-order valence-electron chi connectivity index (χ4n) is 2.20. The van der Waals surface area contributed by atoms with Crippen LogP contribution in [0.3, 0.4) is 0 Å². The quantitative estimate of drug-likeness (QED) is 0.529. The van der Waals surface area contributed by atoms with Crippen LogP contribution in [0.5, 0.6) is 0 Å². The average molecular weight is 262 g/mol. The third kappa shape index (κ3) is 2.26. The summed E-state index contributed by atoms with van der Waals surface area (Å²) in [6.45, 7) is 4.42. The van der Waals surface area contributed by atoms with Gasteiger partial charge in [0.05, 0.1) is 11.3 Å². The molecule has 6 heteroatoms. The number of para-hydroxylation sites is 1. The fraction of sp³-hybridized carbons (Fsp3) is 0.385. The fourth-order valence-corrected chi connectivity index (χ4v) is 2.20. The maximum Gasteiger partial charge on any atom is 0.256 e. The number of hydrogen-bond acceptors (Lipinski definition) is 4. The molecule has 1 saturated heterocycles. The molecule has 0 spiro atoms. The molecule has 1 aliphatic rings. The molecule has 1 aromatic rings. The van der Waals surface area contributed by atoms with Gasteiger partial charge in [0, 0.05) is 13.1 Å². The second-order valence-corrected chi connectivity index (χ2v) is 4.96. The zero-order chi connectivity index (χ0) is 14.0. The van der Waals surface area contributed by atoms with E-state index in [1.807, 2.05) is 0 Å². The highest BCUT2D eigenvalue weighted by molar-refractivity contribution is 6.03. The van der Waals surface area contributed by atoms with Gasteiger partial charge in [0.2, 0.25) is 5.91 Å². The lowest BCUT2D eigenvalue weighted by Crippen LogP contribution is -2.63. The number of benzene rings is 1. The molecular formula is C13H18N4O2. The van der Waals surface area contributed by atoms with E-state index in [9.17, 15) is 9.59 Å². The van der Waals surface area contributed by atoms with Crippen molar-refractivity contribution in [1.82, 2.24) is 10.2 Å². The number of nitrogens with zero attached hydrogens (tertiary/aromatic N) is 1. The van der Waals surface area contributed by atoms with Gasteiger partial charge >= 0.3 is 0 Å². The number of piperazine rings is 1. The van der Waals surface area contributed by atoms with E-state index >= 15 is 0 Å². The van der Waals surface area contributed by atoms with Gasteiger partial charge in [-0.15, -0.1) is 0 Å². The second kappa shape index (κ2) is 4.89. The minimum Gasteiger partial charge on any atom is -0.352 e. The van der Waals surface area contributed by atoms with E-state index < -0.39 is 5.54 Å². The van der Waals surface area contributed by atoms with Crippen LogP contribution in [0.2, 0.25) is 0 Å². The lowest BCUT2D eigenvalue weighted by Gasteiger charge is -2.41. The summed E-state index contributed by atoms with van der Waals surface area (Å²) in [5, 5.41) is 2.76. The van der Waals surface area contributed by atoms with Crippen LogP contribution in [0.15, 0.2) is 24.3 Å². The summed E-state index contributed by atoms with van der Waals surface area (Å²) in [7, 11) is 0. The molecule has 0 atom stereocenters. The van der Waals surface area contributed by atoms with Crippen LogP contribution in [0.25, 0.3) is 0 Å². The van der Waals surface area contributed by atoms with Gasteiger partial charge in [0.1, 0.15) is 5.54 Å². The molecule has 0 aliphatic carbocycles. The van der Waals surface area contributed by atoms with Gasteiger partial charge in [-0.2, -0.15) is 0 Å². The second-order valence-electron chi connectivity index (χ2n) is 4.96. The molecule has 19 heavy (non-hydrogen) atoms. The predicted molar refractivity (Wildman–Crippen MR) is 72.4 cm³/mol. The number of rotatable bonds is 2. The first-order chi connectivity index (χ1) is 8.98. The van der Waals surface area contributed by atoms with E-state index in [0.717, 1.165) is 0 Å². The van der Waals surface area contributed by atoms with Crippen LogP contribution >= 0.6 is 0 Å². The Balaban J connectivity index is 2.35. The molecule has 1 fully saturated rings. The maximum atomic E-state index is 12.6. The lowest BCUT2D eigenvalue weighted by molar-refractivity contribution is -0.133. The molecule has 0 radical (unpaired) electrons. The summed E-state index contributed by atoms with van der Waals surface area (Å²) in [6.07, 6.45) is 0. The van der Waals surface area contributed by atoms with E-state index in [0.29, 0.717) is 24.3 Å². The first-order valence-electron chi connectivity index (χ1n) is 6.14. The number of nitrogen functional groups attached to an aromatic ring is 1. The van der Waals surface area contributed by atoms with Crippen LogP contribution in [0.1, 0.15) is 24.2 Å². The Morgan fingerprint density at radius 2 is 2.11 bits per heavy atom. The normalized spacial score (nSPS) is 17.8. The molecule has 1 aromatic carbocycles. The number of anilines is 1. The van der Waals surface area contributed by atoms with Crippen molar-refractivity contribution in [2.75, 3.05) is 18.5 Å². The monoisotopic (exact) mass is 262 g/mol. The molecule has 0 aromatic heterocycles. The van der Waals surface area contributed by atoms with E-state index in [-0.39, 0.29) is 11.8 Å². The van der Waals surface area contributed by atoms with Gasteiger partial charge in [0.15, 0.2) is 0 Å². The van der Waals surface area contributed by atoms with E-state index in [4.69, 9.17) is 5.84 Å². The van der Waals surface area contributed by atoms with Crippen molar-refractivity contribution in [3.05, 3.63) is 29.8 Å². The molecule has 4 N–H and O–H groups in total. The van der Waals surface area contributed by atoms with E-state index in [1.165, 1.54) is 0 Å². The third-order valence-electron chi connectivity index (χ3n) is 3.41. The lowest BCUT2D eigenvalue weighted by atomic mass is 9.97. The van der Waals surface area contributed by atoms with E-state index in [1.54, 1.807) is 43.0 Å². The highest BCUT2D eigenvalue weighted by Crippen LogP contribution is 2.23. The summed E-state index contributed by atoms with van der Waals surface area (Å²) in [4.78, 5) is 26.0. The summed E-state index contributed by atoms with van der Waals surface area (Å²) in [6, 6.07) is 6.98. The molecule has 2 amide bonds. The van der Waals surface area contributed by atoms with Crippen LogP contribution < -0.4 is 16.6 Å². The summed E-state index contributed by atoms with van der Waals surface area (Å²) in [5.74, 6) is 5.06. The topological polar surface area (TPSA) is 87.5 Å². The van der Waals surface area contributed by atoms with Gasteiger partial charge in [0.25, 0.3) is 5.91 Å². The first-order valence-corrected chi connectivity index (χ1v) is 6.14. The number of hydrogen-bond donors (Lipinski definition) is 3. The number of carbonyl (C=O) groups excluding carboxylic acids is 2. The molecule has 2 rings (SSSR count). The number of amides is 2. The minimum absolute atomic E-state index is 0.148. The maximum absolute atomic E-state index is 12.6. The molecule has 1 heterocycles. The summed E-state index contributed by atoms with van der Waals surface area (Å²) >= 11 is 0. The Bertz CT molecular complexity index is 513. The number of nitrogens with two attached hydrogens (primary N) is 1. The molecule has 1 aliphatic heterocycles. The summed E-state index contributed by atoms with van der Waals surface area (Å²) in [5.41, 5.74) is 2.66. The minimum atomic E-state index is -0.864. The van der Waals surface area contributed by atoms with Gasteiger partial charge in [-0.25, -0.2) is 0 Å². The van der Waals surface area contributed by atoms with E-state index in [2.05, 4.69) is 10.7 Å². The van der Waals surface area contributed by atoms with Gasteiger partial charge in [-0.05, 0) is 26.0 Å². The Hall–Kier alpha value is -2.08. The SMILES string of the molecule is CC1(C)C(=O)NCCN1C(=O)c1ccccc1NN. The summed E-state index contributed by atoms with van der Waals surface area (Å²) < 4.78 is 0. The largest absolute Gasteiger partial charge is 0.352 e. The van der Waals surface area contributed by atoms with Gasteiger partial charge in [-0.3, -0.25) is 15.4 Å². The number of hydrazine groups is 1. The molecular weight excluding hydrogens is 244 g/mol. The Kier molecular flexibility index (Phi) is 3.44. The van der Waals surface area contributed by atoms with Crippen LogP contribution in [0, 0.1) is 0 Å². The van der Waals surface area contributed by atoms with Crippen molar-refractivity contribution < 1.29 is 9.59 Å². The zero-order valence-electron chi connectivity index (χ0n) is 11.1. The zero-order valence-corrected chi connectivity index (χ0v) is 11.1. The number of carbonyl (C=O) groups is 2. The first kappa shape index (κ1) is 13.4. The molecule has 0 saturated carbocycles. The van der Waals surface area contributed by atoms with Crippen molar-refractivity contribution in [2.45, 2.75) is 19.4 Å². The molecule has 6 nitrogen and oxygen atoms in total. The van der Waals surface area contributed by atoms with Gasteiger partial charge < -0.3 is 15.6 Å². The standard InChI is InChI=1S/C13H18N4O2/c1-13(2)12(19)15-7-8-17(13)11(18)9-5-3-4-6-10(9)16-14/h3-6,16H,7-8,14H2,1-2H3,(H,15,19). The number of nitrogens with one attached hydrogen (secondary N) is 2. The molecule has 0 unspecified atom stereocenters. The highest BCUT2D eigenvalue weighted by atomic mass is 16.2. The highest BCUT2D eigenvalue weighted by Gasteiger charge is 2.41. The molecule has 0 bridgehead atoms. The average Bonchev–Trinajstić information content (AvgIpc) is 2.41. The van der Waals surface area contributed by atoms with Crippen molar-refractivity contribution in [1.29, 1.82) is 0 Å². The van der Waals surface area contributed by atoms with Crippen molar-refractivity contribution in [3.63, 3.8) is 0 Å². The van der Waals surface area contributed by atoms with Crippen molar-refractivity contribution >= 4 is 17.5 Å². The Morgan fingerprint density at radius 1 is 1.42 bits per heavy atom. The Labute approximate surface area is 111 Å². The third-order valence-corrected chi connectivity index (χ3v) is 3.41. The van der Waals surface area contributed by atoms with Crippen LogP contribution in [-0.4, -0.2) is 35.3 Å². The smallest absolute Gasteiger partial charge is 0.256 e. The molecule has 102 valence electrons. The Morgan fingerprint density at radius 3 is 2.79 bits per heavy atom. The predicted octanol–water partition coefficient (Wildman–Crippen LogP) is 0.323.